The molecule has 0 aliphatic carbocycles. The van der Waals surface area contributed by atoms with Gasteiger partial charge in [-0.3, -0.25) is 9.69 Å². The first-order valence-electron chi connectivity index (χ1n) is 4.75. The van der Waals surface area contributed by atoms with Crippen LogP contribution in [0.2, 0.25) is 0 Å². The van der Waals surface area contributed by atoms with Crippen LogP contribution in [0.5, 0.6) is 0 Å². The van der Waals surface area contributed by atoms with Crippen LogP contribution in [0.15, 0.2) is 0 Å². The number of carbonyl (C=O) groups excluding carboxylic acids is 1. The van der Waals surface area contributed by atoms with Crippen LogP contribution in [0.25, 0.3) is 0 Å². The van der Waals surface area contributed by atoms with Gasteiger partial charge in [-0.05, 0) is 13.0 Å². The molecule has 0 amide bonds. The van der Waals surface area contributed by atoms with E-state index in [1.54, 1.807) is 0 Å². The largest absolute Gasteiger partial charge is 0.297 e. The highest BCUT2D eigenvalue weighted by Gasteiger charge is 2.38. The lowest BCUT2D eigenvalue weighted by Crippen LogP contribution is -2.54. The van der Waals surface area contributed by atoms with E-state index >= 15 is 0 Å². The van der Waals surface area contributed by atoms with Crippen LogP contribution >= 0.6 is 0 Å². The summed E-state index contributed by atoms with van der Waals surface area (Å²) in [5.74, 6) is 0.399. The second kappa shape index (κ2) is 3.17. The number of ketones is 1. The first kappa shape index (κ1) is 9.72. The molecule has 0 aromatic rings. The van der Waals surface area contributed by atoms with Crippen LogP contribution in [0, 0.1) is 5.41 Å². The SMILES string of the molecule is CCN1CCC1C(=O)C(C)(C)C. The second-order valence-corrected chi connectivity index (χ2v) is 4.55. The molecule has 1 unspecified atom stereocenters. The zero-order valence-corrected chi connectivity index (χ0v) is 8.55. The van der Waals surface area contributed by atoms with Crippen LogP contribution in [-0.4, -0.2) is 29.8 Å². The molecule has 0 bridgehead atoms. The topological polar surface area (TPSA) is 20.3 Å². The Hall–Kier alpha value is -0.370. The average Bonchev–Trinajstić information content (AvgIpc) is 1.84. The van der Waals surface area contributed by atoms with Crippen molar-refractivity contribution in [1.82, 2.24) is 4.90 Å². The summed E-state index contributed by atoms with van der Waals surface area (Å²) in [4.78, 5) is 14.0. The summed E-state index contributed by atoms with van der Waals surface area (Å²) in [5, 5.41) is 0. The number of hydrogen-bond acceptors (Lipinski definition) is 2. The van der Waals surface area contributed by atoms with Crippen molar-refractivity contribution in [1.29, 1.82) is 0 Å². The number of hydrogen-bond donors (Lipinski definition) is 0. The van der Waals surface area contributed by atoms with E-state index < -0.39 is 0 Å². The summed E-state index contributed by atoms with van der Waals surface area (Å²) in [6, 6.07) is 0.218. The first-order chi connectivity index (χ1) is 5.46. The lowest BCUT2D eigenvalue weighted by Gasteiger charge is -2.41. The predicted molar refractivity (Wildman–Crippen MR) is 50.1 cm³/mol. The Kier molecular flexibility index (Phi) is 2.57. The third-order valence-corrected chi connectivity index (χ3v) is 2.58. The number of likely N-dealkylation sites (tertiary alicyclic amines) is 1. The fourth-order valence-electron chi connectivity index (χ4n) is 1.62. The highest BCUT2D eigenvalue weighted by molar-refractivity contribution is 5.89. The molecule has 0 aromatic carbocycles. The molecule has 12 heavy (non-hydrogen) atoms. The molecule has 1 aliphatic heterocycles. The van der Waals surface area contributed by atoms with E-state index in [2.05, 4.69) is 11.8 Å². The van der Waals surface area contributed by atoms with Crippen molar-refractivity contribution < 1.29 is 4.79 Å². The molecular weight excluding hydrogens is 150 g/mol. The Morgan fingerprint density at radius 2 is 2.08 bits per heavy atom. The van der Waals surface area contributed by atoms with Crippen molar-refractivity contribution in [3.05, 3.63) is 0 Å². The van der Waals surface area contributed by atoms with E-state index in [0.717, 1.165) is 19.5 Å². The first-order valence-corrected chi connectivity index (χ1v) is 4.75. The van der Waals surface area contributed by atoms with E-state index in [4.69, 9.17) is 0 Å². The molecule has 0 saturated carbocycles. The van der Waals surface area contributed by atoms with Crippen LogP contribution < -0.4 is 0 Å². The highest BCUT2D eigenvalue weighted by Crippen LogP contribution is 2.26. The quantitative estimate of drug-likeness (QED) is 0.627. The van der Waals surface area contributed by atoms with E-state index in [-0.39, 0.29) is 11.5 Å². The zero-order valence-electron chi connectivity index (χ0n) is 8.55. The molecule has 0 N–H and O–H groups in total. The second-order valence-electron chi connectivity index (χ2n) is 4.55. The fraction of sp³-hybridized carbons (Fsp3) is 0.900. The maximum atomic E-state index is 11.8. The van der Waals surface area contributed by atoms with Crippen molar-refractivity contribution in [3.63, 3.8) is 0 Å². The lowest BCUT2D eigenvalue weighted by atomic mass is 9.82. The average molecular weight is 169 g/mol. The smallest absolute Gasteiger partial charge is 0.155 e. The van der Waals surface area contributed by atoms with Crippen molar-refractivity contribution in [2.75, 3.05) is 13.1 Å². The van der Waals surface area contributed by atoms with Gasteiger partial charge in [0.15, 0.2) is 5.78 Å². The Morgan fingerprint density at radius 3 is 2.33 bits per heavy atom. The van der Waals surface area contributed by atoms with Gasteiger partial charge in [0.05, 0.1) is 6.04 Å². The van der Waals surface area contributed by atoms with Crippen molar-refractivity contribution in [3.8, 4) is 0 Å². The van der Waals surface area contributed by atoms with Crippen LogP contribution in [-0.2, 0) is 4.79 Å². The van der Waals surface area contributed by atoms with Crippen molar-refractivity contribution >= 4 is 5.78 Å². The number of carbonyl (C=O) groups is 1. The van der Waals surface area contributed by atoms with Crippen molar-refractivity contribution in [2.24, 2.45) is 5.41 Å². The maximum Gasteiger partial charge on any atom is 0.155 e. The van der Waals surface area contributed by atoms with Gasteiger partial charge in [-0.2, -0.15) is 0 Å². The molecule has 2 heteroatoms. The molecule has 0 radical (unpaired) electrons. The number of nitrogens with zero attached hydrogens (tertiary/aromatic N) is 1. The summed E-state index contributed by atoms with van der Waals surface area (Å²) in [5.41, 5.74) is -0.168. The number of Topliss-reactive ketones (excluding diaryl/α,β-unsaturated/α-hetero) is 1. The van der Waals surface area contributed by atoms with E-state index in [0.29, 0.717) is 5.78 Å². The van der Waals surface area contributed by atoms with Gasteiger partial charge < -0.3 is 0 Å². The van der Waals surface area contributed by atoms with Crippen molar-refractivity contribution in [2.45, 2.75) is 40.2 Å². The Morgan fingerprint density at radius 1 is 1.50 bits per heavy atom. The molecule has 70 valence electrons. The van der Waals surface area contributed by atoms with Gasteiger partial charge in [0, 0.05) is 12.0 Å². The van der Waals surface area contributed by atoms with Gasteiger partial charge in [0.25, 0.3) is 0 Å². The van der Waals surface area contributed by atoms with E-state index in [9.17, 15) is 4.79 Å². The molecule has 1 fully saturated rings. The standard InChI is InChI=1S/C10H19NO/c1-5-11-7-6-8(11)9(12)10(2,3)4/h8H,5-7H2,1-4H3. The molecule has 1 saturated heterocycles. The monoisotopic (exact) mass is 169 g/mol. The summed E-state index contributed by atoms with van der Waals surface area (Å²) >= 11 is 0. The van der Waals surface area contributed by atoms with Crippen LogP contribution in [0.4, 0.5) is 0 Å². The molecule has 1 aliphatic rings. The van der Waals surface area contributed by atoms with E-state index in [1.165, 1.54) is 0 Å². The maximum absolute atomic E-state index is 11.8. The van der Waals surface area contributed by atoms with Gasteiger partial charge in [0.2, 0.25) is 0 Å². The molecule has 1 atom stereocenters. The molecule has 1 rings (SSSR count). The fourth-order valence-corrected chi connectivity index (χ4v) is 1.62. The summed E-state index contributed by atoms with van der Waals surface area (Å²) < 4.78 is 0. The highest BCUT2D eigenvalue weighted by atomic mass is 16.1. The number of rotatable bonds is 2. The molecule has 1 heterocycles. The molecule has 0 aromatic heterocycles. The third-order valence-electron chi connectivity index (χ3n) is 2.58. The summed E-state index contributed by atoms with van der Waals surface area (Å²) in [7, 11) is 0. The summed E-state index contributed by atoms with van der Waals surface area (Å²) in [6.07, 6.45) is 1.06. The molecule has 0 spiro atoms. The lowest BCUT2D eigenvalue weighted by molar-refractivity contribution is -0.136. The normalized spacial score (nSPS) is 25.2. The minimum absolute atomic E-state index is 0.168. The molecular formula is C10H19NO. The van der Waals surface area contributed by atoms with Crippen LogP contribution in [0.3, 0.4) is 0 Å². The predicted octanol–water partition coefficient (Wildman–Crippen LogP) is 1.70. The minimum atomic E-state index is -0.168. The Labute approximate surface area is 74.9 Å². The molecule has 2 nitrogen and oxygen atoms in total. The minimum Gasteiger partial charge on any atom is -0.297 e. The van der Waals surface area contributed by atoms with Crippen LogP contribution in [0.1, 0.15) is 34.1 Å². The van der Waals surface area contributed by atoms with Gasteiger partial charge in [0.1, 0.15) is 0 Å². The Bertz CT molecular complexity index is 179. The van der Waals surface area contributed by atoms with Gasteiger partial charge in [-0.1, -0.05) is 27.7 Å². The Balaban J connectivity index is 2.54. The zero-order chi connectivity index (χ0) is 9.35. The van der Waals surface area contributed by atoms with E-state index in [1.807, 2.05) is 20.8 Å². The van der Waals surface area contributed by atoms with Gasteiger partial charge >= 0.3 is 0 Å². The summed E-state index contributed by atoms with van der Waals surface area (Å²) in [6.45, 7) is 10.2. The third kappa shape index (κ3) is 1.69. The van der Waals surface area contributed by atoms with Gasteiger partial charge in [-0.25, -0.2) is 0 Å². The number of likely N-dealkylation sites (N-methyl/N-ethyl adjacent to an activating group) is 1. The van der Waals surface area contributed by atoms with Gasteiger partial charge in [-0.15, -0.1) is 0 Å².